The summed E-state index contributed by atoms with van der Waals surface area (Å²) in [6.07, 6.45) is 0. The third-order valence-corrected chi connectivity index (χ3v) is 3.64. The van der Waals surface area contributed by atoms with Gasteiger partial charge in [0.1, 0.15) is 11.6 Å². The van der Waals surface area contributed by atoms with Gasteiger partial charge in [0.05, 0.1) is 18.2 Å². The lowest BCUT2D eigenvalue weighted by Crippen LogP contribution is -2.12. The normalized spacial score (nSPS) is 10.7. The van der Waals surface area contributed by atoms with Gasteiger partial charge in [-0.25, -0.2) is 9.97 Å². The van der Waals surface area contributed by atoms with Gasteiger partial charge in [0.25, 0.3) is 0 Å². The average Bonchev–Trinajstić information content (AvgIpc) is 2.53. The lowest BCUT2D eigenvalue weighted by atomic mass is 10.1. The fraction of sp³-hybridized carbons (Fsp3) is 0.176. The number of methoxy groups -OCH3 is 1. The highest BCUT2D eigenvalue weighted by Gasteiger charge is 2.14. The Kier molecular flexibility index (Phi) is 3.86. The van der Waals surface area contributed by atoms with Crippen molar-refractivity contribution in [3.63, 3.8) is 0 Å². The van der Waals surface area contributed by atoms with Crippen LogP contribution in [0.15, 0.2) is 42.5 Å². The van der Waals surface area contributed by atoms with Crippen LogP contribution in [0, 0.1) is 0 Å². The maximum absolute atomic E-state index is 6.12. The molecule has 0 unspecified atom stereocenters. The van der Waals surface area contributed by atoms with E-state index in [2.05, 4.69) is 4.98 Å². The van der Waals surface area contributed by atoms with Gasteiger partial charge in [-0.2, -0.15) is 0 Å². The van der Waals surface area contributed by atoms with Crippen molar-refractivity contribution in [3.05, 3.63) is 47.5 Å². The number of hydrogen-bond acceptors (Lipinski definition) is 4. The molecule has 0 atom stereocenters. The van der Waals surface area contributed by atoms with E-state index < -0.39 is 0 Å². The highest BCUT2D eigenvalue weighted by molar-refractivity contribution is 6.30. The molecular weight excluding hydrogens is 298 g/mol. The van der Waals surface area contributed by atoms with Gasteiger partial charge in [-0.15, -0.1) is 0 Å². The molecular formula is C17H16ClN3O. The van der Waals surface area contributed by atoms with E-state index in [0.717, 1.165) is 22.3 Å². The van der Waals surface area contributed by atoms with E-state index >= 15 is 0 Å². The summed E-state index contributed by atoms with van der Waals surface area (Å²) in [6, 6.07) is 13.4. The molecule has 3 aromatic rings. The van der Waals surface area contributed by atoms with Gasteiger partial charge in [-0.3, -0.25) is 0 Å². The Balaban J connectivity index is 2.30. The number of benzene rings is 2. The van der Waals surface area contributed by atoms with E-state index in [1.165, 1.54) is 0 Å². The van der Waals surface area contributed by atoms with Crippen molar-refractivity contribution in [3.8, 4) is 17.1 Å². The molecule has 4 nitrogen and oxygen atoms in total. The molecule has 0 aliphatic heterocycles. The summed E-state index contributed by atoms with van der Waals surface area (Å²) in [5.41, 5.74) is 1.67. The largest absolute Gasteiger partial charge is 0.496 e. The van der Waals surface area contributed by atoms with Crippen molar-refractivity contribution in [1.29, 1.82) is 0 Å². The fourth-order valence-corrected chi connectivity index (χ4v) is 2.55. The van der Waals surface area contributed by atoms with E-state index in [1.807, 2.05) is 55.4 Å². The van der Waals surface area contributed by atoms with Gasteiger partial charge in [-0.05, 0) is 30.3 Å². The zero-order chi connectivity index (χ0) is 15.7. The molecule has 3 rings (SSSR count). The van der Waals surface area contributed by atoms with Crippen molar-refractivity contribution >= 4 is 28.3 Å². The van der Waals surface area contributed by atoms with Gasteiger partial charge < -0.3 is 9.64 Å². The second kappa shape index (κ2) is 5.81. The highest BCUT2D eigenvalue weighted by Crippen LogP contribution is 2.33. The van der Waals surface area contributed by atoms with Crippen molar-refractivity contribution < 1.29 is 4.74 Å². The van der Waals surface area contributed by atoms with Gasteiger partial charge in [0.2, 0.25) is 0 Å². The van der Waals surface area contributed by atoms with E-state index in [4.69, 9.17) is 21.3 Å². The van der Waals surface area contributed by atoms with E-state index in [1.54, 1.807) is 13.2 Å². The number of anilines is 1. The zero-order valence-electron chi connectivity index (χ0n) is 12.7. The predicted octanol–water partition coefficient (Wildman–Crippen LogP) is 4.02. The minimum Gasteiger partial charge on any atom is -0.496 e. The van der Waals surface area contributed by atoms with Gasteiger partial charge in [-0.1, -0.05) is 23.7 Å². The number of halogens is 1. The number of rotatable bonds is 3. The first kappa shape index (κ1) is 14.6. The van der Waals surface area contributed by atoms with E-state index in [0.29, 0.717) is 16.6 Å². The standard InChI is InChI=1S/C17H16ClN3O/c1-21(2)17-12-6-4-5-7-14(12)19-16(20-17)13-10-11(18)8-9-15(13)22-3/h4-10H,1-3H3. The lowest BCUT2D eigenvalue weighted by molar-refractivity contribution is 0.416. The molecule has 0 saturated heterocycles. The summed E-state index contributed by atoms with van der Waals surface area (Å²) in [6.45, 7) is 0. The summed E-state index contributed by atoms with van der Waals surface area (Å²) >= 11 is 6.12. The number of ether oxygens (including phenoxy) is 1. The van der Waals surface area contributed by atoms with Crippen LogP contribution in [0.4, 0.5) is 5.82 Å². The first-order valence-corrected chi connectivity index (χ1v) is 7.26. The van der Waals surface area contributed by atoms with Crippen LogP contribution < -0.4 is 9.64 Å². The van der Waals surface area contributed by atoms with E-state index in [-0.39, 0.29) is 0 Å². The monoisotopic (exact) mass is 313 g/mol. The first-order valence-electron chi connectivity index (χ1n) is 6.88. The Bertz CT molecular complexity index is 833. The Morgan fingerprint density at radius 2 is 1.82 bits per heavy atom. The van der Waals surface area contributed by atoms with Gasteiger partial charge in [0, 0.05) is 24.5 Å². The van der Waals surface area contributed by atoms with Gasteiger partial charge in [0.15, 0.2) is 5.82 Å². The maximum atomic E-state index is 6.12. The molecule has 22 heavy (non-hydrogen) atoms. The average molecular weight is 314 g/mol. The molecule has 0 bridgehead atoms. The van der Waals surface area contributed by atoms with Crippen LogP contribution in [0.5, 0.6) is 5.75 Å². The highest BCUT2D eigenvalue weighted by atomic mass is 35.5. The molecule has 5 heteroatoms. The molecule has 112 valence electrons. The summed E-state index contributed by atoms with van der Waals surface area (Å²) in [7, 11) is 5.56. The minimum atomic E-state index is 0.599. The Labute approximate surface area is 134 Å². The Morgan fingerprint density at radius 3 is 2.55 bits per heavy atom. The van der Waals surface area contributed by atoms with Crippen LogP contribution in [0.2, 0.25) is 5.02 Å². The molecule has 0 spiro atoms. The number of hydrogen-bond donors (Lipinski definition) is 0. The predicted molar refractivity (Wildman–Crippen MR) is 90.9 cm³/mol. The molecule has 0 fully saturated rings. The maximum Gasteiger partial charge on any atom is 0.165 e. The molecule has 2 aromatic carbocycles. The molecule has 1 aromatic heterocycles. The quantitative estimate of drug-likeness (QED) is 0.732. The summed E-state index contributed by atoms with van der Waals surface area (Å²) in [5.74, 6) is 2.16. The van der Waals surface area contributed by atoms with Gasteiger partial charge >= 0.3 is 0 Å². The smallest absolute Gasteiger partial charge is 0.165 e. The summed E-state index contributed by atoms with van der Waals surface area (Å²) in [5, 5.41) is 1.64. The summed E-state index contributed by atoms with van der Waals surface area (Å²) in [4.78, 5) is 11.3. The van der Waals surface area contributed by atoms with E-state index in [9.17, 15) is 0 Å². The third kappa shape index (κ3) is 2.57. The molecule has 0 aliphatic rings. The van der Waals surface area contributed by atoms with Crippen LogP contribution in [-0.2, 0) is 0 Å². The molecule has 0 radical (unpaired) electrons. The second-order valence-electron chi connectivity index (χ2n) is 5.13. The van der Waals surface area contributed by atoms with Crippen LogP contribution >= 0.6 is 11.6 Å². The fourth-order valence-electron chi connectivity index (χ4n) is 2.38. The third-order valence-electron chi connectivity index (χ3n) is 3.41. The van der Waals surface area contributed by atoms with Crippen molar-refractivity contribution in [2.24, 2.45) is 0 Å². The topological polar surface area (TPSA) is 38.2 Å². The molecule has 0 amide bonds. The van der Waals surface area contributed by atoms with Crippen molar-refractivity contribution in [2.45, 2.75) is 0 Å². The summed E-state index contributed by atoms with van der Waals surface area (Å²) < 4.78 is 5.41. The molecule has 0 aliphatic carbocycles. The minimum absolute atomic E-state index is 0.599. The van der Waals surface area contributed by atoms with Crippen LogP contribution in [0.3, 0.4) is 0 Å². The van der Waals surface area contributed by atoms with Crippen LogP contribution in [0.25, 0.3) is 22.3 Å². The second-order valence-corrected chi connectivity index (χ2v) is 5.56. The number of para-hydroxylation sites is 1. The zero-order valence-corrected chi connectivity index (χ0v) is 13.4. The van der Waals surface area contributed by atoms with Crippen molar-refractivity contribution in [2.75, 3.05) is 26.1 Å². The van der Waals surface area contributed by atoms with Crippen LogP contribution in [-0.4, -0.2) is 31.2 Å². The SMILES string of the molecule is COc1ccc(Cl)cc1-c1nc(N(C)C)c2ccccc2n1. The molecule has 1 heterocycles. The Hall–Kier alpha value is -2.33. The van der Waals surface area contributed by atoms with Crippen molar-refractivity contribution in [1.82, 2.24) is 9.97 Å². The number of aromatic nitrogens is 2. The number of nitrogens with zero attached hydrogens (tertiary/aromatic N) is 3. The lowest BCUT2D eigenvalue weighted by Gasteiger charge is -2.16. The molecule has 0 saturated carbocycles. The number of fused-ring (bicyclic) bond motifs is 1. The Morgan fingerprint density at radius 1 is 1.05 bits per heavy atom. The first-order chi connectivity index (χ1) is 10.6. The van der Waals surface area contributed by atoms with Crippen LogP contribution in [0.1, 0.15) is 0 Å². The molecule has 0 N–H and O–H groups in total.